The first kappa shape index (κ1) is 23.7. The average molecular weight is 489 g/mol. The Morgan fingerprint density at radius 3 is 2.69 bits per heavy atom. The number of halogens is 1. The highest BCUT2D eigenvalue weighted by molar-refractivity contribution is 6.32. The minimum atomic E-state index is -0.372. The van der Waals surface area contributed by atoms with Crippen LogP contribution in [0.1, 0.15) is 32.7 Å². The Balaban J connectivity index is 1.58. The second kappa shape index (κ2) is 9.83. The summed E-state index contributed by atoms with van der Waals surface area (Å²) in [5.41, 5.74) is 3.64. The summed E-state index contributed by atoms with van der Waals surface area (Å²) in [6.07, 6.45) is 3.11. The van der Waals surface area contributed by atoms with E-state index in [0.717, 1.165) is 11.3 Å². The molecule has 2 aromatic carbocycles. The summed E-state index contributed by atoms with van der Waals surface area (Å²) in [4.78, 5) is 24.8. The third-order valence-electron chi connectivity index (χ3n) is 5.69. The number of nitrogens with zero attached hydrogens (tertiary/aromatic N) is 4. The van der Waals surface area contributed by atoms with Crippen LogP contribution in [0.2, 0.25) is 5.02 Å². The highest BCUT2D eigenvalue weighted by atomic mass is 35.5. The molecule has 35 heavy (non-hydrogen) atoms. The number of rotatable bonds is 6. The molecule has 0 unspecified atom stereocenters. The van der Waals surface area contributed by atoms with Gasteiger partial charge in [-0.15, -0.1) is 0 Å². The molecule has 9 nitrogen and oxygen atoms in total. The number of carbonyl (C=O) groups is 1. The van der Waals surface area contributed by atoms with E-state index in [1.54, 1.807) is 68.3 Å². The summed E-state index contributed by atoms with van der Waals surface area (Å²) in [7, 11) is 1.73. The zero-order valence-electron chi connectivity index (χ0n) is 19.2. The van der Waals surface area contributed by atoms with Crippen LogP contribution < -0.4 is 15.6 Å². The maximum Gasteiger partial charge on any atom is 0.269 e. The van der Waals surface area contributed by atoms with Gasteiger partial charge in [0.25, 0.3) is 11.5 Å². The minimum absolute atomic E-state index is 0.0817. The van der Waals surface area contributed by atoms with E-state index in [-0.39, 0.29) is 23.0 Å². The van der Waals surface area contributed by atoms with Crippen molar-refractivity contribution >= 4 is 17.5 Å². The van der Waals surface area contributed by atoms with Gasteiger partial charge in [0.1, 0.15) is 23.1 Å². The molecule has 4 rings (SSSR count). The fraction of sp³-hybridized carbons (Fsp3) is 0.160. The average Bonchev–Trinajstić information content (AvgIpc) is 3.10. The number of carbonyl (C=O) groups excluding carboxylic acids is 1. The molecule has 1 amide bonds. The Labute approximate surface area is 205 Å². The predicted molar refractivity (Wildman–Crippen MR) is 130 cm³/mol. The molecule has 0 spiro atoms. The van der Waals surface area contributed by atoms with Gasteiger partial charge in [-0.2, -0.15) is 15.5 Å². The van der Waals surface area contributed by atoms with Crippen LogP contribution in [0, 0.1) is 25.2 Å². The molecule has 2 aromatic heterocycles. The largest absolute Gasteiger partial charge is 0.454 e. The van der Waals surface area contributed by atoms with Gasteiger partial charge in [-0.3, -0.25) is 19.4 Å². The molecule has 2 N–H and O–H groups in total. The summed E-state index contributed by atoms with van der Waals surface area (Å²) in [5.74, 6) is 0.250. The summed E-state index contributed by atoms with van der Waals surface area (Å²) in [6, 6.07) is 12.3. The number of hydrogen-bond acceptors (Lipinski definition) is 6. The van der Waals surface area contributed by atoms with Crippen molar-refractivity contribution in [1.82, 2.24) is 25.3 Å². The standard InChI is InChI=1S/C25H21ClN6O3/c1-14-9-23(35-22-6-4-5-17(19(22)11-27)16-7-8-29-30-12-16)21(26)10-18(14)24(33)28-13-20-15(2)32(3)31-25(20)34/h4-10,12H,13H2,1-3H3,(H,28,33)(H,31,34). The lowest BCUT2D eigenvalue weighted by Crippen LogP contribution is -2.26. The lowest BCUT2D eigenvalue weighted by atomic mass is 10.0. The molecule has 4 aromatic rings. The van der Waals surface area contributed by atoms with E-state index in [2.05, 4.69) is 26.7 Å². The molecule has 0 bridgehead atoms. The van der Waals surface area contributed by atoms with Gasteiger partial charge in [0.05, 0.1) is 29.5 Å². The first-order valence-corrected chi connectivity index (χ1v) is 11.0. The number of amides is 1. The first-order chi connectivity index (χ1) is 16.8. The van der Waals surface area contributed by atoms with E-state index in [4.69, 9.17) is 16.3 Å². The van der Waals surface area contributed by atoms with Gasteiger partial charge in [-0.05, 0) is 43.7 Å². The van der Waals surface area contributed by atoms with Gasteiger partial charge in [-0.1, -0.05) is 23.7 Å². The lowest BCUT2D eigenvalue weighted by molar-refractivity contribution is 0.0950. The van der Waals surface area contributed by atoms with E-state index in [9.17, 15) is 14.9 Å². The SMILES string of the molecule is Cc1cc(Oc2cccc(-c3ccnnc3)c2C#N)c(Cl)cc1C(=O)NCc1c(C)n(C)[nH]c1=O. The number of benzene rings is 2. The van der Waals surface area contributed by atoms with Crippen LogP contribution >= 0.6 is 11.6 Å². The maximum absolute atomic E-state index is 12.8. The number of nitrogens with one attached hydrogen (secondary N) is 2. The normalized spacial score (nSPS) is 10.6. The van der Waals surface area contributed by atoms with Crippen LogP contribution in [0.5, 0.6) is 11.5 Å². The summed E-state index contributed by atoms with van der Waals surface area (Å²) >= 11 is 6.45. The molecule has 0 fully saturated rings. The molecule has 10 heteroatoms. The van der Waals surface area contributed by atoms with E-state index < -0.39 is 0 Å². The fourth-order valence-corrected chi connectivity index (χ4v) is 3.86. The van der Waals surface area contributed by atoms with Crippen molar-refractivity contribution in [2.75, 3.05) is 0 Å². The van der Waals surface area contributed by atoms with Gasteiger partial charge in [0.15, 0.2) is 0 Å². The highest BCUT2D eigenvalue weighted by Crippen LogP contribution is 2.36. The zero-order chi connectivity index (χ0) is 25.1. The maximum atomic E-state index is 12.8. The van der Waals surface area contributed by atoms with Crippen LogP contribution in [0.3, 0.4) is 0 Å². The smallest absolute Gasteiger partial charge is 0.269 e. The Hall–Kier alpha value is -4.42. The molecule has 0 aliphatic heterocycles. The van der Waals surface area contributed by atoms with Crippen LogP contribution in [0.4, 0.5) is 0 Å². The molecule has 0 aliphatic rings. The van der Waals surface area contributed by atoms with E-state index in [1.807, 2.05) is 0 Å². The monoisotopic (exact) mass is 488 g/mol. The number of aromatic amines is 1. The van der Waals surface area contributed by atoms with Gasteiger partial charge in [0.2, 0.25) is 0 Å². The van der Waals surface area contributed by atoms with Crippen LogP contribution in [-0.2, 0) is 13.6 Å². The second-order valence-corrected chi connectivity index (χ2v) is 8.28. The van der Waals surface area contributed by atoms with Crippen molar-refractivity contribution in [1.29, 1.82) is 5.26 Å². The second-order valence-electron chi connectivity index (χ2n) is 7.87. The molecule has 0 atom stereocenters. The van der Waals surface area contributed by atoms with Gasteiger partial charge in [0, 0.05) is 29.4 Å². The number of aryl methyl sites for hydroxylation is 2. The van der Waals surface area contributed by atoms with Gasteiger partial charge in [-0.25, -0.2) is 0 Å². The Kier molecular flexibility index (Phi) is 6.66. The highest BCUT2D eigenvalue weighted by Gasteiger charge is 2.18. The van der Waals surface area contributed by atoms with E-state index in [0.29, 0.717) is 39.3 Å². The van der Waals surface area contributed by atoms with Gasteiger partial charge < -0.3 is 10.1 Å². The Morgan fingerprint density at radius 1 is 1.23 bits per heavy atom. The molecule has 0 aliphatic carbocycles. The number of ether oxygens (including phenoxy) is 1. The van der Waals surface area contributed by atoms with Crippen LogP contribution in [0.25, 0.3) is 11.1 Å². The van der Waals surface area contributed by atoms with Gasteiger partial charge >= 0.3 is 0 Å². The van der Waals surface area contributed by atoms with Crippen molar-refractivity contribution in [2.45, 2.75) is 20.4 Å². The van der Waals surface area contributed by atoms with Crippen LogP contribution in [-0.4, -0.2) is 25.9 Å². The van der Waals surface area contributed by atoms with E-state index in [1.165, 1.54) is 6.07 Å². The van der Waals surface area contributed by atoms with Crippen molar-refractivity contribution in [3.05, 3.63) is 92.1 Å². The number of aromatic nitrogens is 4. The van der Waals surface area contributed by atoms with Crippen molar-refractivity contribution in [2.24, 2.45) is 7.05 Å². The first-order valence-electron chi connectivity index (χ1n) is 10.6. The Morgan fingerprint density at radius 2 is 2.03 bits per heavy atom. The van der Waals surface area contributed by atoms with Crippen molar-refractivity contribution < 1.29 is 9.53 Å². The van der Waals surface area contributed by atoms with Crippen molar-refractivity contribution in [3.8, 4) is 28.7 Å². The molecule has 0 radical (unpaired) electrons. The fourth-order valence-electron chi connectivity index (χ4n) is 3.66. The third-order valence-corrected chi connectivity index (χ3v) is 5.98. The summed E-state index contributed by atoms with van der Waals surface area (Å²) in [5, 5.41) is 23.1. The molecular weight excluding hydrogens is 468 g/mol. The molecular formula is C25H21ClN6O3. The zero-order valence-corrected chi connectivity index (χ0v) is 20.0. The number of H-pyrrole nitrogens is 1. The summed E-state index contributed by atoms with van der Waals surface area (Å²) in [6.45, 7) is 3.63. The summed E-state index contributed by atoms with van der Waals surface area (Å²) < 4.78 is 7.61. The quantitative estimate of drug-likeness (QED) is 0.422. The lowest BCUT2D eigenvalue weighted by Gasteiger charge is -2.14. The molecule has 0 saturated carbocycles. The van der Waals surface area contributed by atoms with E-state index >= 15 is 0 Å². The van der Waals surface area contributed by atoms with Crippen molar-refractivity contribution in [3.63, 3.8) is 0 Å². The Bertz CT molecular complexity index is 1520. The molecule has 0 saturated heterocycles. The number of nitriles is 1. The third kappa shape index (κ3) is 4.78. The number of hydrogen-bond donors (Lipinski definition) is 2. The van der Waals surface area contributed by atoms with Crippen LogP contribution in [0.15, 0.2) is 53.6 Å². The molecule has 2 heterocycles. The predicted octanol–water partition coefficient (Wildman–Crippen LogP) is 4.03. The topological polar surface area (TPSA) is 126 Å². The molecule has 176 valence electrons. The minimum Gasteiger partial charge on any atom is -0.454 e.